The summed E-state index contributed by atoms with van der Waals surface area (Å²) in [6.07, 6.45) is 0. The molecule has 0 radical (unpaired) electrons. The SMILES string of the molecule is C[C@@H](c1ccccc1)C(C#N)(c1ccccc1)c1ccccc1. The van der Waals surface area contributed by atoms with Crippen molar-refractivity contribution in [3.63, 3.8) is 0 Å². The zero-order valence-corrected chi connectivity index (χ0v) is 13.2. The van der Waals surface area contributed by atoms with Gasteiger partial charge >= 0.3 is 0 Å². The molecule has 1 atom stereocenters. The Morgan fingerprint density at radius 1 is 0.696 bits per heavy atom. The fourth-order valence-corrected chi connectivity index (χ4v) is 3.29. The highest BCUT2D eigenvalue weighted by molar-refractivity contribution is 5.50. The molecule has 0 aromatic heterocycles. The second-order valence-corrected chi connectivity index (χ2v) is 5.78. The van der Waals surface area contributed by atoms with Crippen molar-refractivity contribution in [1.82, 2.24) is 0 Å². The summed E-state index contributed by atoms with van der Waals surface area (Å²) >= 11 is 0. The molecule has 0 heterocycles. The summed E-state index contributed by atoms with van der Waals surface area (Å²) in [5, 5.41) is 10.3. The first-order valence-electron chi connectivity index (χ1n) is 7.86. The Bertz CT molecular complexity index is 746. The fourth-order valence-electron chi connectivity index (χ4n) is 3.29. The number of hydrogen-bond donors (Lipinski definition) is 0. The van der Waals surface area contributed by atoms with E-state index in [0.29, 0.717) is 0 Å². The fraction of sp³-hybridized carbons (Fsp3) is 0.136. The van der Waals surface area contributed by atoms with Gasteiger partial charge in [-0.3, -0.25) is 0 Å². The molecule has 0 aliphatic carbocycles. The second-order valence-electron chi connectivity index (χ2n) is 5.78. The molecule has 1 nitrogen and oxygen atoms in total. The molecule has 3 aromatic carbocycles. The van der Waals surface area contributed by atoms with Crippen molar-refractivity contribution < 1.29 is 0 Å². The molecule has 0 aliphatic heterocycles. The molecule has 0 N–H and O–H groups in total. The zero-order chi connectivity index (χ0) is 16.1. The van der Waals surface area contributed by atoms with Gasteiger partial charge in [-0.25, -0.2) is 0 Å². The van der Waals surface area contributed by atoms with Crippen LogP contribution in [0.25, 0.3) is 0 Å². The maximum Gasteiger partial charge on any atom is 0.114 e. The molecular formula is C22H19N. The van der Waals surface area contributed by atoms with Crippen molar-refractivity contribution >= 4 is 0 Å². The normalized spacial score (nSPS) is 12.3. The first kappa shape index (κ1) is 15.1. The van der Waals surface area contributed by atoms with Gasteiger partial charge in [0, 0.05) is 5.92 Å². The van der Waals surface area contributed by atoms with Crippen LogP contribution in [-0.2, 0) is 5.41 Å². The molecule has 0 saturated heterocycles. The molecular weight excluding hydrogens is 278 g/mol. The quantitative estimate of drug-likeness (QED) is 0.641. The molecule has 3 rings (SSSR count). The third kappa shape index (κ3) is 2.64. The molecule has 0 unspecified atom stereocenters. The lowest BCUT2D eigenvalue weighted by Crippen LogP contribution is -2.32. The molecule has 0 fully saturated rings. The molecule has 0 bridgehead atoms. The van der Waals surface area contributed by atoms with Crippen LogP contribution in [-0.4, -0.2) is 0 Å². The summed E-state index contributed by atoms with van der Waals surface area (Å²) in [5.41, 5.74) is 2.53. The first-order chi connectivity index (χ1) is 11.3. The van der Waals surface area contributed by atoms with Crippen molar-refractivity contribution in [2.75, 3.05) is 0 Å². The third-order valence-electron chi connectivity index (χ3n) is 4.58. The van der Waals surface area contributed by atoms with Gasteiger partial charge in [-0.1, -0.05) is 97.9 Å². The minimum absolute atomic E-state index is 0.0403. The number of nitriles is 1. The van der Waals surface area contributed by atoms with Crippen LogP contribution < -0.4 is 0 Å². The van der Waals surface area contributed by atoms with Crippen LogP contribution in [0.3, 0.4) is 0 Å². The van der Waals surface area contributed by atoms with Crippen LogP contribution in [0.15, 0.2) is 91.0 Å². The van der Waals surface area contributed by atoms with Crippen LogP contribution in [0.5, 0.6) is 0 Å². The average Bonchev–Trinajstić information content (AvgIpc) is 2.65. The van der Waals surface area contributed by atoms with E-state index in [1.807, 2.05) is 54.6 Å². The Kier molecular flexibility index (Phi) is 4.26. The summed E-state index contributed by atoms with van der Waals surface area (Å²) in [7, 11) is 0. The van der Waals surface area contributed by atoms with Gasteiger partial charge in [-0.2, -0.15) is 5.26 Å². The molecule has 0 aliphatic rings. The van der Waals surface area contributed by atoms with Gasteiger partial charge in [0.25, 0.3) is 0 Å². The number of nitrogens with zero attached hydrogens (tertiary/aromatic N) is 1. The molecule has 112 valence electrons. The van der Waals surface area contributed by atoms with E-state index in [4.69, 9.17) is 0 Å². The smallest absolute Gasteiger partial charge is 0.114 e. The number of rotatable bonds is 4. The van der Waals surface area contributed by atoms with Gasteiger partial charge in [0.1, 0.15) is 5.41 Å². The third-order valence-corrected chi connectivity index (χ3v) is 4.58. The van der Waals surface area contributed by atoms with Crippen molar-refractivity contribution in [1.29, 1.82) is 5.26 Å². The molecule has 23 heavy (non-hydrogen) atoms. The van der Waals surface area contributed by atoms with Gasteiger partial charge in [0.15, 0.2) is 0 Å². The number of hydrogen-bond acceptors (Lipinski definition) is 1. The topological polar surface area (TPSA) is 23.8 Å². The summed E-state index contributed by atoms with van der Waals surface area (Å²) in [6.45, 7) is 2.14. The highest BCUT2D eigenvalue weighted by atomic mass is 14.4. The van der Waals surface area contributed by atoms with Crippen LogP contribution in [0.1, 0.15) is 29.5 Å². The summed E-state index contributed by atoms with van der Waals surface area (Å²) in [6, 6.07) is 33.1. The summed E-state index contributed by atoms with van der Waals surface area (Å²) < 4.78 is 0. The molecule has 3 aromatic rings. The van der Waals surface area contributed by atoms with Gasteiger partial charge in [-0.15, -0.1) is 0 Å². The average molecular weight is 297 g/mol. The molecule has 1 heteroatoms. The van der Waals surface area contributed by atoms with Crippen molar-refractivity contribution in [2.45, 2.75) is 18.3 Å². The lowest BCUT2D eigenvalue weighted by atomic mass is 9.65. The van der Waals surface area contributed by atoms with E-state index in [9.17, 15) is 5.26 Å². The highest BCUT2D eigenvalue weighted by Crippen LogP contribution is 2.43. The van der Waals surface area contributed by atoms with E-state index < -0.39 is 5.41 Å². The predicted octanol–water partition coefficient (Wildman–Crippen LogP) is 5.30. The van der Waals surface area contributed by atoms with Crippen molar-refractivity contribution in [3.8, 4) is 6.07 Å². The predicted molar refractivity (Wildman–Crippen MR) is 94.1 cm³/mol. The van der Waals surface area contributed by atoms with Crippen LogP contribution in [0, 0.1) is 11.3 Å². The van der Waals surface area contributed by atoms with E-state index >= 15 is 0 Å². The maximum atomic E-state index is 10.3. The molecule has 0 spiro atoms. The Balaban J connectivity index is 2.24. The standard InChI is InChI=1S/C22H19N/c1-18(19-11-5-2-6-12-19)22(17-23,20-13-7-3-8-14-20)21-15-9-4-10-16-21/h2-16,18H,1H3/t18-/m0/s1. The first-order valence-corrected chi connectivity index (χ1v) is 7.86. The molecule has 0 saturated carbocycles. The van der Waals surface area contributed by atoms with Gasteiger partial charge < -0.3 is 0 Å². The highest BCUT2D eigenvalue weighted by Gasteiger charge is 2.40. The van der Waals surface area contributed by atoms with E-state index in [2.05, 4.69) is 49.4 Å². The van der Waals surface area contributed by atoms with Gasteiger partial charge in [0.2, 0.25) is 0 Å². The monoisotopic (exact) mass is 297 g/mol. The van der Waals surface area contributed by atoms with E-state index in [0.717, 1.165) is 11.1 Å². The van der Waals surface area contributed by atoms with Crippen LogP contribution >= 0.6 is 0 Å². The Morgan fingerprint density at radius 2 is 1.09 bits per heavy atom. The van der Waals surface area contributed by atoms with E-state index in [1.165, 1.54) is 5.56 Å². The maximum absolute atomic E-state index is 10.3. The van der Waals surface area contributed by atoms with Gasteiger partial charge in [-0.05, 0) is 16.7 Å². The van der Waals surface area contributed by atoms with Crippen LogP contribution in [0.2, 0.25) is 0 Å². The van der Waals surface area contributed by atoms with Gasteiger partial charge in [0.05, 0.1) is 6.07 Å². The zero-order valence-electron chi connectivity index (χ0n) is 13.2. The molecule has 0 amide bonds. The summed E-state index contributed by atoms with van der Waals surface area (Å²) in [5.74, 6) is 0.0403. The number of benzene rings is 3. The lowest BCUT2D eigenvalue weighted by Gasteiger charge is -2.34. The minimum Gasteiger partial charge on any atom is -0.197 e. The van der Waals surface area contributed by atoms with E-state index in [1.54, 1.807) is 0 Å². The van der Waals surface area contributed by atoms with Crippen molar-refractivity contribution in [2.24, 2.45) is 0 Å². The van der Waals surface area contributed by atoms with Crippen molar-refractivity contribution in [3.05, 3.63) is 108 Å². The van der Waals surface area contributed by atoms with Crippen LogP contribution in [0.4, 0.5) is 0 Å². The lowest BCUT2D eigenvalue weighted by molar-refractivity contribution is 0.541. The largest absolute Gasteiger partial charge is 0.197 e. The summed E-state index contributed by atoms with van der Waals surface area (Å²) in [4.78, 5) is 0. The second kappa shape index (κ2) is 6.50. The Morgan fingerprint density at radius 3 is 1.48 bits per heavy atom. The van der Waals surface area contributed by atoms with E-state index in [-0.39, 0.29) is 5.92 Å². The minimum atomic E-state index is -0.704. The Hall–Kier alpha value is -2.85. The Labute approximate surface area is 137 Å².